The Hall–Kier alpha value is -0.830. The molecule has 1 atom stereocenters. The Kier molecular flexibility index (Phi) is 1.53. The van der Waals surface area contributed by atoms with Crippen LogP contribution in [0.3, 0.4) is 0 Å². The van der Waals surface area contributed by atoms with Gasteiger partial charge >= 0.3 is 0 Å². The lowest BCUT2D eigenvalue weighted by Crippen LogP contribution is -1.90. The van der Waals surface area contributed by atoms with Crippen LogP contribution in [0.25, 0.3) is 0 Å². The zero-order valence-electron chi connectivity index (χ0n) is 5.46. The van der Waals surface area contributed by atoms with Crippen LogP contribution in [0.15, 0.2) is 10.8 Å². The first-order valence-corrected chi connectivity index (χ1v) is 2.80. The minimum absolute atomic E-state index is 0.476. The molecule has 0 radical (unpaired) electrons. The number of aliphatic hydroxyl groups is 1. The molecule has 1 aromatic rings. The quantitative estimate of drug-likeness (QED) is 0.613. The predicted octanol–water partition coefficient (Wildman–Crippen LogP) is 1.04. The average molecular weight is 127 g/mol. The second-order valence-corrected chi connectivity index (χ2v) is 2.03. The number of rotatable bonds is 1. The smallest absolute Gasteiger partial charge is 0.129 e. The van der Waals surface area contributed by atoms with Gasteiger partial charge < -0.3 is 9.63 Å². The van der Waals surface area contributed by atoms with E-state index in [1.165, 1.54) is 6.26 Å². The first kappa shape index (κ1) is 6.29. The molecule has 0 fully saturated rings. The molecule has 3 heteroatoms. The summed E-state index contributed by atoms with van der Waals surface area (Å²) in [5, 5.41) is 12.6. The van der Waals surface area contributed by atoms with Crippen LogP contribution in [0.2, 0.25) is 0 Å². The van der Waals surface area contributed by atoms with Gasteiger partial charge in [0.2, 0.25) is 0 Å². The van der Waals surface area contributed by atoms with Gasteiger partial charge in [0.1, 0.15) is 6.26 Å². The molecule has 0 amide bonds. The van der Waals surface area contributed by atoms with Crippen molar-refractivity contribution in [3.05, 3.63) is 17.5 Å². The van der Waals surface area contributed by atoms with Crippen LogP contribution in [0.4, 0.5) is 0 Å². The highest BCUT2D eigenvalue weighted by molar-refractivity contribution is 5.14. The van der Waals surface area contributed by atoms with Gasteiger partial charge in [-0.1, -0.05) is 5.16 Å². The molecule has 1 unspecified atom stereocenters. The van der Waals surface area contributed by atoms with Gasteiger partial charge in [0.25, 0.3) is 0 Å². The molecular formula is C6H9NO2. The Balaban J connectivity index is 2.94. The van der Waals surface area contributed by atoms with Crippen LogP contribution < -0.4 is 0 Å². The summed E-state index contributed by atoms with van der Waals surface area (Å²) in [4.78, 5) is 0. The third-order valence-corrected chi connectivity index (χ3v) is 1.24. The highest BCUT2D eigenvalue weighted by Crippen LogP contribution is 2.14. The fraction of sp³-hybridized carbons (Fsp3) is 0.500. The van der Waals surface area contributed by atoms with Crippen molar-refractivity contribution in [2.75, 3.05) is 0 Å². The summed E-state index contributed by atoms with van der Waals surface area (Å²) in [5.74, 6) is 0. The highest BCUT2D eigenvalue weighted by atomic mass is 16.5. The SMILES string of the molecule is Cc1nocc1C(C)O. The number of aryl methyl sites for hydroxylation is 1. The van der Waals surface area contributed by atoms with Crippen LogP contribution in [-0.4, -0.2) is 10.3 Å². The van der Waals surface area contributed by atoms with E-state index in [1.807, 2.05) is 0 Å². The molecule has 0 saturated carbocycles. The number of aliphatic hydroxyl groups excluding tert-OH is 1. The van der Waals surface area contributed by atoms with Crippen molar-refractivity contribution in [2.24, 2.45) is 0 Å². The highest BCUT2D eigenvalue weighted by Gasteiger charge is 2.06. The van der Waals surface area contributed by atoms with Crippen LogP contribution in [-0.2, 0) is 0 Å². The average Bonchev–Trinajstić information content (AvgIpc) is 2.13. The van der Waals surface area contributed by atoms with Gasteiger partial charge in [-0.25, -0.2) is 0 Å². The summed E-state index contributed by atoms with van der Waals surface area (Å²) in [5.41, 5.74) is 1.51. The zero-order chi connectivity index (χ0) is 6.85. The molecule has 50 valence electrons. The Bertz CT molecular complexity index is 193. The molecule has 0 aromatic carbocycles. The fourth-order valence-corrected chi connectivity index (χ4v) is 0.701. The van der Waals surface area contributed by atoms with Gasteiger partial charge in [0, 0.05) is 5.56 Å². The lowest BCUT2D eigenvalue weighted by Gasteiger charge is -1.96. The molecular weight excluding hydrogens is 118 g/mol. The molecule has 1 rings (SSSR count). The van der Waals surface area contributed by atoms with Gasteiger partial charge in [-0.2, -0.15) is 0 Å². The van der Waals surface area contributed by atoms with Crippen LogP contribution in [0.1, 0.15) is 24.3 Å². The van der Waals surface area contributed by atoms with Crippen molar-refractivity contribution in [1.29, 1.82) is 0 Å². The van der Waals surface area contributed by atoms with Crippen molar-refractivity contribution in [3.63, 3.8) is 0 Å². The van der Waals surface area contributed by atoms with Crippen LogP contribution in [0, 0.1) is 6.92 Å². The Morgan fingerprint density at radius 2 is 2.44 bits per heavy atom. The van der Waals surface area contributed by atoms with E-state index in [-0.39, 0.29) is 0 Å². The van der Waals surface area contributed by atoms with Gasteiger partial charge in [0.05, 0.1) is 11.8 Å². The molecule has 0 aliphatic heterocycles. The molecule has 9 heavy (non-hydrogen) atoms. The summed E-state index contributed by atoms with van der Waals surface area (Å²) in [6.45, 7) is 3.48. The first-order valence-electron chi connectivity index (χ1n) is 2.80. The molecule has 0 aliphatic carbocycles. The van der Waals surface area contributed by atoms with E-state index in [0.29, 0.717) is 0 Å². The molecule has 1 heterocycles. The van der Waals surface area contributed by atoms with Crippen molar-refractivity contribution >= 4 is 0 Å². The first-order chi connectivity index (χ1) is 4.22. The second-order valence-electron chi connectivity index (χ2n) is 2.03. The Morgan fingerprint density at radius 1 is 1.78 bits per heavy atom. The minimum Gasteiger partial charge on any atom is -0.389 e. The molecule has 1 N–H and O–H groups in total. The van der Waals surface area contributed by atoms with Gasteiger partial charge in [-0.15, -0.1) is 0 Å². The normalized spacial score (nSPS) is 13.7. The van der Waals surface area contributed by atoms with E-state index >= 15 is 0 Å². The van der Waals surface area contributed by atoms with Gasteiger partial charge in [-0.05, 0) is 13.8 Å². The maximum Gasteiger partial charge on any atom is 0.129 e. The summed E-state index contributed by atoms with van der Waals surface area (Å²) in [7, 11) is 0. The minimum atomic E-state index is -0.476. The summed E-state index contributed by atoms with van der Waals surface area (Å²) in [6.07, 6.45) is 0.983. The lowest BCUT2D eigenvalue weighted by molar-refractivity contribution is 0.197. The Labute approximate surface area is 53.3 Å². The van der Waals surface area contributed by atoms with Crippen molar-refractivity contribution < 1.29 is 9.63 Å². The lowest BCUT2D eigenvalue weighted by atomic mass is 10.2. The molecule has 0 aliphatic rings. The van der Waals surface area contributed by atoms with E-state index in [9.17, 15) is 0 Å². The third kappa shape index (κ3) is 1.10. The van der Waals surface area contributed by atoms with Gasteiger partial charge in [-0.3, -0.25) is 0 Å². The van der Waals surface area contributed by atoms with E-state index in [1.54, 1.807) is 13.8 Å². The molecule has 3 nitrogen and oxygen atoms in total. The maximum atomic E-state index is 8.99. The number of aromatic nitrogens is 1. The van der Waals surface area contributed by atoms with Gasteiger partial charge in [0.15, 0.2) is 0 Å². The standard InChI is InChI=1S/C6H9NO2/c1-4-6(5(2)8)3-9-7-4/h3,5,8H,1-2H3. The summed E-state index contributed by atoms with van der Waals surface area (Å²) >= 11 is 0. The summed E-state index contributed by atoms with van der Waals surface area (Å²) < 4.78 is 4.60. The van der Waals surface area contributed by atoms with E-state index in [4.69, 9.17) is 5.11 Å². The van der Waals surface area contributed by atoms with E-state index in [2.05, 4.69) is 9.68 Å². The number of hydrogen-bond acceptors (Lipinski definition) is 3. The van der Waals surface area contributed by atoms with Crippen molar-refractivity contribution in [3.8, 4) is 0 Å². The van der Waals surface area contributed by atoms with Crippen molar-refractivity contribution in [1.82, 2.24) is 5.16 Å². The molecule has 0 saturated heterocycles. The third-order valence-electron chi connectivity index (χ3n) is 1.24. The zero-order valence-corrected chi connectivity index (χ0v) is 5.46. The Morgan fingerprint density at radius 3 is 2.67 bits per heavy atom. The molecule has 0 spiro atoms. The van der Waals surface area contributed by atoms with Crippen LogP contribution >= 0.6 is 0 Å². The second kappa shape index (κ2) is 2.19. The fourth-order valence-electron chi connectivity index (χ4n) is 0.701. The predicted molar refractivity (Wildman–Crippen MR) is 31.9 cm³/mol. The largest absolute Gasteiger partial charge is 0.389 e. The molecule has 1 aromatic heterocycles. The monoisotopic (exact) mass is 127 g/mol. The van der Waals surface area contributed by atoms with Crippen molar-refractivity contribution in [2.45, 2.75) is 20.0 Å². The number of nitrogens with zero attached hydrogens (tertiary/aromatic N) is 1. The topological polar surface area (TPSA) is 46.3 Å². The molecule has 0 bridgehead atoms. The maximum absolute atomic E-state index is 8.99. The summed E-state index contributed by atoms with van der Waals surface area (Å²) in [6, 6.07) is 0. The van der Waals surface area contributed by atoms with E-state index < -0.39 is 6.10 Å². The van der Waals surface area contributed by atoms with Crippen LogP contribution in [0.5, 0.6) is 0 Å². The van der Waals surface area contributed by atoms with E-state index in [0.717, 1.165) is 11.3 Å². The number of hydrogen-bond donors (Lipinski definition) is 1.